The molecule has 1 aromatic heterocycles. The Morgan fingerprint density at radius 3 is 2.48 bits per heavy atom. The quantitative estimate of drug-likeness (QED) is 0.933. The maximum absolute atomic E-state index is 12.8. The minimum absolute atomic E-state index is 0.224. The number of rotatable bonds is 3. The highest BCUT2D eigenvalue weighted by Crippen LogP contribution is 2.32. The number of aryl methyl sites for hydroxylation is 1. The molecular weight excluding hydrogens is 279 g/mol. The molecule has 6 heteroatoms. The summed E-state index contributed by atoms with van der Waals surface area (Å²) in [6.45, 7) is 2.34. The van der Waals surface area contributed by atoms with Gasteiger partial charge in [0.25, 0.3) is 0 Å². The monoisotopic (exact) mass is 291 g/mol. The molecule has 1 aromatic carbocycles. The highest BCUT2D eigenvalue weighted by atomic mass is 19.4. The Balaban J connectivity index is 2.18. The molecule has 0 spiro atoms. The molecule has 108 valence electrons. The van der Waals surface area contributed by atoms with Crippen molar-refractivity contribution >= 4 is 5.69 Å². The Kier molecular flexibility index (Phi) is 4.13. The minimum atomic E-state index is -4.60. The molecule has 0 aliphatic carbocycles. The number of pyridine rings is 1. The average molecular weight is 291 g/mol. The van der Waals surface area contributed by atoms with Gasteiger partial charge in [0.15, 0.2) is 5.69 Å². The van der Waals surface area contributed by atoms with Crippen LogP contribution in [0, 0.1) is 18.3 Å². The predicted octanol–water partition coefficient (Wildman–Crippen LogP) is 3.89. The second-order valence-corrected chi connectivity index (χ2v) is 4.57. The minimum Gasteiger partial charge on any atom is -0.380 e. The van der Waals surface area contributed by atoms with Gasteiger partial charge in [-0.1, -0.05) is 29.8 Å². The van der Waals surface area contributed by atoms with Gasteiger partial charge in [0, 0.05) is 6.54 Å². The molecule has 2 rings (SSSR count). The predicted molar refractivity (Wildman–Crippen MR) is 72.5 cm³/mol. The number of nitrogens with one attached hydrogen (secondary N) is 1. The number of hydrogen-bond acceptors (Lipinski definition) is 3. The lowest BCUT2D eigenvalue weighted by molar-refractivity contribution is -0.138. The third kappa shape index (κ3) is 3.72. The summed E-state index contributed by atoms with van der Waals surface area (Å²) >= 11 is 0. The first-order valence-corrected chi connectivity index (χ1v) is 6.17. The highest BCUT2D eigenvalue weighted by molar-refractivity contribution is 5.49. The average Bonchev–Trinajstić information content (AvgIpc) is 2.45. The van der Waals surface area contributed by atoms with Gasteiger partial charge < -0.3 is 5.32 Å². The van der Waals surface area contributed by atoms with Crippen molar-refractivity contribution in [1.29, 1.82) is 5.26 Å². The van der Waals surface area contributed by atoms with Crippen molar-refractivity contribution in [2.45, 2.75) is 19.6 Å². The van der Waals surface area contributed by atoms with E-state index in [4.69, 9.17) is 5.26 Å². The van der Waals surface area contributed by atoms with Crippen LogP contribution in [0.5, 0.6) is 0 Å². The van der Waals surface area contributed by atoms with E-state index in [1.807, 2.05) is 31.2 Å². The first-order chi connectivity index (χ1) is 9.90. The largest absolute Gasteiger partial charge is 0.419 e. The van der Waals surface area contributed by atoms with Gasteiger partial charge >= 0.3 is 6.18 Å². The summed E-state index contributed by atoms with van der Waals surface area (Å²) in [5, 5.41) is 11.5. The lowest BCUT2D eigenvalue weighted by atomic mass is 10.1. The number of hydrogen-bond donors (Lipinski definition) is 1. The molecule has 21 heavy (non-hydrogen) atoms. The van der Waals surface area contributed by atoms with Crippen LogP contribution in [-0.2, 0) is 12.7 Å². The summed E-state index contributed by atoms with van der Waals surface area (Å²) in [6.07, 6.45) is -3.37. The zero-order chi connectivity index (χ0) is 15.5. The van der Waals surface area contributed by atoms with Crippen LogP contribution in [0.4, 0.5) is 18.9 Å². The van der Waals surface area contributed by atoms with E-state index in [-0.39, 0.29) is 5.69 Å². The topological polar surface area (TPSA) is 48.7 Å². The van der Waals surface area contributed by atoms with Crippen molar-refractivity contribution in [3.05, 3.63) is 58.9 Å². The number of anilines is 1. The fourth-order valence-corrected chi connectivity index (χ4v) is 1.78. The van der Waals surface area contributed by atoms with Crippen molar-refractivity contribution in [2.75, 3.05) is 5.32 Å². The van der Waals surface area contributed by atoms with Crippen LogP contribution < -0.4 is 5.32 Å². The number of benzene rings is 1. The molecule has 0 bridgehead atoms. The molecule has 0 saturated heterocycles. The zero-order valence-corrected chi connectivity index (χ0v) is 11.2. The van der Waals surface area contributed by atoms with Crippen LogP contribution in [0.2, 0.25) is 0 Å². The summed E-state index contributed by atoms with van der Waals surface area (Å²) in [4.78, 5) is 3.55. The molecule has 0 amide bonds. The fourth-order valence-electron chi connectivity index (χ4n) is 1.78. The van der Waals surface area contributed by atoms with E-state index in [1.54, 1.807) is 0 Å². The van der Waals surface area contributed by atoms with Gasteiger partial charge in [-0.25, -0.2) is 4.98 Å². The van der Waals surface area contributed by atoms with E-state index in [2.05, 4.69) is 10.3 Å². The molecule has 3 nitrogen and oxygen atoms in total. The fraction of sp³-hybridized carbons (Fsp3) is 0.200. The molecule has 0 fully saturated rings. The van der Waals surface area contributed by atoms with Crippen molar-refractivity contribution < 1.29 is 13.2 Å². The molecule has 0 aliphatic rings. The molecule has 2 aromatic rings. The lowest BCUT2D eigenvalue weighted by Crippen LogP contribution is -2.10. The number of nitriles is 1. The van der Waals surface area contributed by atoms with Crippen LogP contribution in [0.15, 0.2) is 36.5 Å². The van der Waals surface area contributed by atoms with Crippen molar-refractivity contribution in [3.63, 3.8) is 0 Å². The first kappa shape index (κ1) is 14.9. The van der Waals surface area contributed by atoms with Crippen LogP contribution in [0.3, 0.4) is 0 Å². The molecule has 0 radical (unpaired) electrons. The van der Waals surface area contributed by atoms with E-state index in [0.29, 0.717) is 6.54 Å². The number of nitrogens with zero attached hydrogens (tertiary/aromatic N) is 2. The van der Waals surface area contributed by atoms with Crippen molar-refractivity contribution in [3.8, 4) is 6.07 Å². The Morgan fingerprint density at radius 1 is 1.24 bits per heavy atom. The van der Waals surface area contributed by atoms with Gasteiger partial charge in [-0.3, -0.25) is 0 Å². The van der Waals surface area contributed by atoms with Gasteiger partial charge in [-0.15, -0.1) is 0 Å². The van der Waals surface area contributed by atoms with Gasteiger partial charge in [0.1, 0.15) is 6.07 Å². The second kappa shape index (κ2) is 5.83. The summed E-state index contributed by atoms with van der Waals surface area (Å²) < 4.78 is 38.4. The van der Waals surface area contributed by atoms with Gasteiger partial charge in [-0.2, -0.15) is 18.4 Å². The molecule has 0 aliphatic heterocycles. The van der Waals surface area contributed by atoms with E-state index < -0.39 is 17.4 Å². The maximum Gasteiger partial charge on any atom is 0.419 e. The molecule has 1 heterocycles. The number of alkyl halides is 3. The summed E-state index contributed by atoms with van der Waals surface area (Å²) in [7, 11) is 0. The van der Waals surface area contributed by atoms with E-state index in [1.165, 1.54) is 12.3 Å². The molecule has 1 N–H and O–H groups in total. The van der Waals surface area contributed by atoms with E-state index in [9.17, 15) is 13.2 Å². The Morgan fingerprint density at radius 2 is 1.90 bits per heavy atom. The third-order valence-electron chi connectivity index (χ3n) is 2.92. The number of halogens is 3. The van der Waals surface area contributed by atoms with Crippen LogP contribution in [0.25, 0.3) is 0 Å². The second-order valence-electron chi connectivity index (χ2n) is 4.57. The SMILES string of the molecule is Cc1ccc(CNc2cnc(C#N)c(C(F)(F)F)c2)cc1. The van der Waals surface area contributed by atoms with Crippen LogP contribution in [-0.4, -0.2) is 4.98 Å². The summed E-state index contributed by atoms with van der Waals surface area (Å²) in [5.74, 6) is 0. The smallest absolute Gasteiger partial charge is 0.380 e. The molecule has 0 unspecified atom stereocenters. The third-order valence-corrected chi connectivity index (χ3v) is 2.92. The van der Waals surface area contributed by atoms with E-state index in [0.717, 1.165) is 17.2 Å². The van der Waals surface area contributed by atoms with Crippen molar-refractivity contribution in [2.24, 2.45) is 0 Å². The first-order valence-electron chi connectivity index (χ1n) is 6.17. The molecule has 0 atom stereocenters. The summed E-state index contributed by atoms with van der Waals surface area (Å²) in [6, 6.07) is 9.99. The van der Waals surface area contributed by atoms with Crippen molar-refractivity contribution in [1.82, 2.24) is 4.98 Å². The standard InChI is InChI=1S/C15H12F3N3/c1-10-2-4-11(5-3-10)8-20-12-6-13(15(16,17)18)14(7-19)21-9-12/h2-6,9,20H,8H2,1H3. The Hall–Kier alpha value is -2.55. The highest BCUT2D eigenvalue weighted by Gasteiger charge is 2.34. The Bertz CT molecular complexity index is 670. The van der Waals surface area contributed by atoms with E-state index >= 15 is 0 Å². The maximum atomic E-state index is 12.8. The van der Waals surface area contributed by atoms with Gasteiger partial charge in [-0.05, 0) is 18.6 Å². The lowest BCUT2D eigenvalue weighted by Gasteiger charge is -2.11. The normalized spacial score (nSPS) is 11.0. The van der Waals surface area contributed by atoms with Crippen LogP contribution >= 0.6 is 0 Å². The Labute approximate surface area is 120 Å². The zero-order valence-electron chi connectivity index (χ0n) is 11.2. The van der Waals surface area contributed by atoms with Gasteiger partial charge in [0.05, 0.1) is 17.4 Å². The van der Waals surface area contributed by atoms with Crippen LogP contribution in [0.1, 0.15) is 22.4 Å². The molecular formula is C15H12F3N3. The molecule has 0 saturated carbocycles. The summed E-state index contributed by atoms with van der Waals surface area (Å²) in [5.41, 5.74) is 0.626. The number of aromatic nitrogens is 1. The van der Waals surface area contributed by atoms with Gasteiger partial charge in [0.2, 0.25) is 0 Å².